The number of carbonyl (C=O) groups excluding carboxylic acids is 1. The lowest BCUT2D eigenvalue weighted by Crippen LogP contribution is -2.32. The minimum atomic E-state index is -3.05. The van der Waals surface area contributed by atoms with E-state index in [4.69, 9.17) is 0 Å². The highest BCUT2D eigenvalue weighted by atomic mass is 32.2. The molecule has 140 valence electrons. The topological polar surface area (TPSA) is 106 Å². The van der Waals surface area contributed by atoms with E-state index in [0.717, 1.165) is 22.6 Å². The molecule has 0 aliphatic carbocycles. The van der Waals surface area contributed by atoms with Crippen LogP contribution in [0.3, 0.4) is 0 Å². The monoisotopic (exact) mass is 385 g/mol. The van der Waals surface area contributed by atoms with Crippen molar-refractivity contribution >= 4 is 21.4 Å². The second kappa shape index (κ2) is 7.07. The van der Waals surface area contributed by atoms with Crippen LogP contribution in [0.5, 0.6) is 0 Å². The second-order valence-electron chi connectivity index (χ2n) is 6.63. The molecule has 27 heavy (non-hydrogen) atoms. The molecule has 4 rings (SSSR count). The summed E-state index contributed by atoms with van der Waals surface area (Å²) in [6.07, 6.45) is 6.26. The van der Waals surface area contributed by atoms with E-state index in [0.29, 0.717) is 19.4 Å². The summed E-state index contributed by atoms with van der Waals surface area (Å²) in [6, 6.07) is 7.57. The molecule has 1 amide bonds. The van der Waals surface area contributed by atoms with Crippen molar-refractivity contribution in [1.82, 2.24) is 24.9 Å². The molecule has 3 aromatic heterocycles. The minimum absolute atomic E-state index is 0.0467. The van der Waals surface area contributed by atoms with Gasteiger partial charge >= 0.3 is 0 Å². The van der Waals surface area contributed by atoms with Gasteiger partial charge in [0.05, 0.1) is 28.8 Å². The van der Waals surface area contributed by atoms with Crippen molar-refractivity contribution in [2.45, 2.75) is 12.8 Å². The van der Waals surface area contributed by atoms with Gasteiger partial charge in [-0.15, -0.1) is 0 Å². The highest BCUT2D eigenvalue weighted by molar-refractivity contribution is 7.91. The lowest BCUT2D eigenvalue weighted by Gasteiger charge is -2.08. The first-order chi connectivity index (χ1) is 13.0. The number of hydrogen-bond donors (Lipinski definition) is 1. The van der Waals surface area contributed by atoms with Crippen LogP contribution >= 0.6 is 0 Å². The van der Waals surface area contributed by atoms with E-state index in [1.165, 1.54) is 0 Å². The van der Waals surface area contributed by atoms with Crippen LogP contribution in [0.25, 0.3) is 16.9 Å². The van der Waals surface area contributed by atoms with Crippen molar-refractivity contribution in [1.29, 1.82) is 0 Å². The van der Waals surface area contributed by atoms with Crippen molar-refractivity contribution < 1.29 is 13.2 Å². The van der Waals surface area contributed by atoms with Crippen LogP contribution in [-0.2, 0) is 21.1 Å². The molecule has 9 heteroatoms. The Balaban J connectivity index is 1.39. The van der Waals surface area contributed by atoms with Gasteiger partial charge in [0.25, 0.3) is 0 Å². The van der Waals surface area contributed by atoms with Crippen LogP contribution in [0.2, 0.25) is 0 Å². The van der Waals surface area contributed by atoms with Crippen LogP contribution in [0, 0.1) is 5.92 Å². The first-order valence-corrected chi connectivity index (χ1v) is 10.6. The van der Waals surface area contributed by atoms with Crippen LogP contribution in [-0.4, -0.2) is 52.0 Å². The van der Waals surface area contributed by atoms with Crippen molar-refractivity contribution in [3.05, 3.63) is 48.5 Å². The molecule has 3 aromatic rings. The number of aromatic nitrogens is 4. The third-order valence-corrected chi connectivity index (χ3v) is 6.40. The van der Waals surface area contributed by atoms with Crippen LogP contribution < -0.4 is 5.32 Å². The standard InChI is InChI=1S/C18H19N5O3S/c24-18(14-5-10-27(25,26)12-14)20-8-3-15-11-17-21-16(4-9-23(17)22-15)13-1-6-19-7-2-13/h1-2,4,6-7,9,11,14H,3,5,8,10,12H2,(H,20,24)/t14-/m0/s1. The third-order valence-electron chi connectivity index (χ3n) is 4.63. The zero-order valence-electron chi connectivity index (χ0n) is 14.6. The summed E-state index contributed by atoms with van der Waals surface area (Å²) in [4.78, 5) is 20.7. The second-order valence-corrected chi connectivity index (χ2v) is 8.86. The van der Waals surface area contributed by atoms with Gasteiger partial charge in [-0.2, -0.15) is 5.10 Å². The number of amides is 1. The van der Waals surface area contributed by atoms with E-state index in [2.05, 4.69) is 20.4 Å². The Labute approximate surface area is 156 Å². The van der Waals surface area contributed by atoms with Crippen molar-refractivity contribution in [2.24, 2.45) is 5.92 Å². The van der Waals surface area contributed by atoms with Gasteiger partial charge in [0, 0.05) is 43.2 Å². The fourth-order valence-electron chi connectivity index (χ4n) is 3.19. The van der Waals surface area contributed by atoms with E-state index < -0.39 is 15.8 Å². The van der Waals surface area contributed by atoms with Crippen LogP contribution in [0.1, 0.15) is 12.1 Å². The van der Waals surface area contributed by atoms with Gasteiger partial charge in [-0.3, -0.25) is 9.78 Å². The average Bonchev–Trinajstić information content (AvgIpc) is 3.24. The molecule has 1 fully saturated rings. The molecule has 8 nitrogen and oxygen atoms in total. The first-order valence-electron chi connectivity index (χ1n) is 8.74. The fourth-order valence-corrected chi connectivity index (χ4v) is 4.94. The maximum absolute atomic E-state index is 12.1. The number of nitrogens with zero attached hydrogens (tertiary/aromatic N) is 4. The lowest BCUT2D eigenvalue weighted by atomic mass is 10.1. The molecular formula is C18H19N5O3S. The number of pyridine rings is 1. The van der Waals surface area contributed by atoms with Gasteiger partial charge in [-0.05, 0) is 24.6 Å². The summed E-state index contributed by atoms with van der Waals surface area (Å²) < 4.78 is 24.6. The van der Waals surface area contributed by atoms with E-state index in [1.54, 1.807) is 16.9 Å². The van der Waals surface area contributed by atoms with Crippen LogP contribution in [0.4, 0.5) is 0 Å². The van der Waals surface area contributed by atoms with E-state index in [1.807, 2.05) is 30.5 Å². The molecule has 1 aliphatic rings. The maximum atomic E-state index is 12.1. The quantitative estimate of drug-likeness (QED) is 0.699. The fraction of sp³-hybridized carbons (Fsp3) is 0.333. The van der Waals surface area contributed by atoms with Gasteiger partial charge in [0.2, 0.25) is 5.91 Å². The summed E-state index contributed by atoms with van der Waals surface area (Å²) in [5.74, 6) is -0.573. The molecule has 1 saturated heterocycles. The summed E-state index contributed by atoms with van der Waals surface area (Å²) in [5, 5.41) is 7.27. The predicted octanol–water partition coefficient (Wildman–Crippen LogP) is 0.885. The molecule has 1 aliphatic heterocycles. The zero-order valence-corrected chi connectivity index (χ0v) is 15.4. The van der Waals surface area contributed by atoms with Crippen molar-refractivity contribution in [3.8, 4) is 11.3 Å². The average molecular weight is 385 g/mol. The normalized spacial score (nSPS) is 18.6. The third kappa shape index (κ3) is 3.97. The molecule has 1 atom stereocenters. The highest BCUT2D eigenvalue weighted by Crippen LogP contribution is 2.19. The van der Waals surface area contributed by atoms with Crippen molar-refractivity contribution in [2.75, 3.05) is 18.1 Å². The van der Waals surface area contributed by atoms with Gasteiger partial charge < -0.3 is 5.32 Å². The van der Waals surface area contributed by atoms with E-state index in [9.17, 15) is 13.2 Å². The highest BCUT2D eigenvalue weighted by Gasteiger charge is 2.32. The molecule has 0 spiro atoms. The predicted molar refractivity (Wildman–Crippen MR) is 99.7 cm³/mol. The molecule has 0 radical (unpaired) electrons. The smallest absolute Gasteiger partial charge is 0.224 e. The van der Waals surface area contributed by atoms with E-state index in [-0.39, 0.29) is 17.4 Å². The molecule has 0 bridgehead atoms. The lowest BCUT2D eigenvalue weighted by molar-refractivity contribution is -0.124. The van der Waals surface area contributed by atoms with Gasteiger partial charge in [-0.25, -0.2) is 17.9 Å². The first kappa shape index (κ1) is 17.6. The molecule has 0 unspecified atom stereocenters. The molecular weight excluding hydrogens is 366 g/mol. The Morgan fingerprint density at radius 1 is 1.26 bits per heavy atom. The Morgan fingerprint density at radius 2 is 2.07 bits per heavy atom. The summed E-state index contributed by atoms with van der Waals surface area (Å²) in [7, 11) is -3.05. The molecule has 0 saturated carbocycles. The number of hydrogen-bond acceptors (Lipinski definition) is 6. The Kier molecular flexibility index (Phi) is 4.61. The Morgan fingerprint density at radius 3 is 2.81 bits per heavy atom. The number of sulfone groups is 1. The zero-order chi connectivity index (χ0) is 18.9. The SMILES string of the molecule is O=C(NCCc1cc2nc(-c3ccncc3)ccn2n1)[C@H]1CCS(=O)(=O)C1. The number of fused-ring (bicyclic) bond motifs is 1. The van der Waals surface area contributed by atoms with E-state index >= 15 is 0 Å². The summed E-state index contributed by atoms with van der Waals surface area (Å²) in [6.45, 7) is 0.413. The Bertz CT molecular complexity index is 1080. The number of nitrogens with one attached hydrogen (secondary N) is 1. The summed E-state index contributed by atoms with van der Waals surface area (Å²) in [5.41, 5.74) is 3.36. The minimum Gasteiger partial charge on any atom is -0.355 e. The molecule has 1 N–H and O–H groups in total. The van der Waals surface area contributed by atoms with Gasteiger partial charge in [0.1, 0.15) is 0 Å². The van der Waals surface area contributed by atoms with Crippen molar-refractivity contribution in [3.63, 3.8) is 0 Å². The Hall–Kier alpha value is -2.81. The largest absolute Gasteiger partial charge is 0.355 e. The maximum Gasteiger partial charge on any atom is 0.224 e. The number of rotatable bonds is 5. The van der Waals surface area contributed by atoms with Crippen LogP contribution in [0.15, 0.2) is 42.9 Å². The molecule has 0 aromatic carbocycles. The van der Waals surface area contributed by atoms with Gasteiger partial charge in [-0.1, -0.05) is 0 Å². The number of carbonyl (C=O) groups is 1. The molecule has 4 heterocycles. The summed E-state index contributed by atoms with van der Waals surface area (Å²) >= 11 is 0. The van der Waals surface area contributed by atoms with Gasteiger partial charge in [0.15, 0.2) is 15.5 Å².